The van der Waals surface area contributed by atoms with E-state index in [4.69, 9.17) is 10.5 Å². The van der Waals surface area contributed by atoms with Crippen molar-refractivity contribution in [3.8, 4) is 22.9 Å². The minimum absolute atomic E-state index is 0.228. The zero-order valence-corrected chi connectivity index (χ0v) is 17.6. The first kappa shape index (κ1) is 20.4. The summed E-state index contributed by atoms with van der Waals surface area (Å²) in [7, 11) is 0. The number of aromatic amines is 1. The van der Waals surface area contributed by atoms with Crippen molar-refractivity contribution in [1.82, 2.24) is 15.2 Å². The third-order valence-electron chi connectivity index (χ3n) is 5.36. The molecule has 1 saturated carbocycles. The number of ether oxygens (including phenoxy) is 1. The number of amides is 2. The first-order chi connectivity index (χ1) is 16.0. The van der Waals surface area contributed by atoms with Gasteiger partial charge >= 0.3 is 0 Å². The second-order valence-electron chi connectivity index (χ2n) is 7.87. The lowest BCUT2D eigenvalue weighted by Crippen LogP contribution is -2.11. The Hall–Kier alpha value is -4.46. The highest BCUT2D eigenvalue weighted by atomic mass is 16.5. The van der Waals surface area contributed by atoms with Crippen LogP contribution in [-0.4, -0.2) is 27.0 Å². The van der Waals surface area contributed by atoms with E-state index >= 15 is 0 Å². The number of benzene rings is 3. The molecule has 0 aliphatic heterocycles. The molecule has 0 unspecified atom stereocenters. The van der Waals surface area contributed by atoms with E-state index in [0.29, 0.717) is 40.1 Å². The van der Waals surface area contributed by atoms with Crippen LogP contribution in [0.25, 0.3) is 11.4 Å². The van der Waals surface area contributed by atoms with Crippen molar-refractivity contribution in [2.24, 2.45) is 5.73 Å². The Kier molecular flexibility index (Phi) is 5.32. The number of rotatable bonds is 7. The topological polar surface area (TPSA) is 123 Å². The van der Waals surface area contributed by atoms with Gasteiger partial charge in [-0.3, -0.25) is 14.7 Å². The molecule has 1 aliphatic carbocycles. The van der Waals surface area contributed by atoms with Gasteiger partial charge in [-0.25, -0.2) is 4.98 Å². The van der Waals surface area contributed by atoms with E-state index in [1.54, 1.807) is 48.5 Å². The minimum atomic E-state index is -0.493. The third kappa shape index (κ3) is 4.74. The summed E-state index contributed by atoms with van der Waals surface area (Å²) in [6.07, 6.45) is 2.33. The molecule has 1 fully saturated rings. The number of anilines is 1. The standard InChI is InChI=1S/C25H21N5O3/c26-22(31)15-5-11-20(12-6-15)33-21-13-7-18(8-14-21)25(32)27-19-9-3-17(4-10-19)24-28-23(29-30-24)16-1-2-16/h3-14,16H,1-2H2,(H2,26,31)(H,27,32)(H,28,29,30). The van der Waals surface area contributed by atoms with E-state index in [1.165, 1.54) is 0 Å². The van der Waals surface area contributed by atoms with Gasteiger partial charge in [-0.15, -0.1) is 0 Å². The summed E-state index contributed by atoms with van der Waals surface area (Å²) in [4.78, 5) is 28.3. The highest BCUT2D eigenvalue weighted by Gasteiger charge is 2.27. The van der Waals surface area contributed by atoms with Crippen LogP contribution in [0.4, 0.5) is 5.69 Å². The van der Waals surface area contributed by atoms with Gasteiger partial charge in [0.2, 0.25) is 5.91 Å². The first-order valence-electron chi connectivity index (χ1n) is 10.6. The Labute approximate surface area is 189 Å². The summed E-state index contributed by atoms with van der Waals surface area (Å²) in [6, 6.07) is 20.7. The molecule has 8 nitrogen and oxygen atoms in total. The zero-order chi connectivity index (χ0) is 22.8. The van der Waals surface area contributed by atoms with Crippen molar-refractivity contribution in [2.45, 2.75) is 18.8 Å². The highest BCUT2D eigenvalue weighted by Crippen LogP contribution is 2.38. The molecular formula is C25H21N5O3. The number of carbonyl (C=O) groups excluding carboxylic acids is 2. The lowest BCUT2D eigenvalue weighted by atomic mass is 10.1. The first-order valence-corrected chi connectivity index (χ1v) is 10.6. The normalized spacial score (nSPS) is 12.8. The molecule has 0 atom stereocenters. The highest BCUT2D eigenvalue weighted by molar-refractivity contribution is 6.04. The van der Waals surface area contributed by atoms with Crippen molar-refractivity contribution in [2.75, 3.05) is 5.32 Å². The van der Waals surface area contributed by atoms with Crippen LogP contribution >= 0.6 is 0 Å². The summed E-state index contributed by atoms with van der Waals surface area (Å²) in [5.74, 6) is 2.53. The van der Waals surface area contributed by atoms with Crippen molar-refractivity contribution >= 4 is 17.5 Å². The lowest BCUT2D eigenvalue weighted by Gasteiger charge is -2.08. The van der Waals surface area contributed by atoms with Crippen LogP contribution in [0.3, 0.4) is 0 Å². The molecule has 5 rings (SSSR count). The number of hydrogen-bond acceptors (Lipinski definition) is 5. The second-order valence-corrected chi connectivity index (χ2v) is 7.87. The van der Waals surface area contributed by atoms with E-state index < -0.39 is 5.91 Å². The predicted molar refractivity (Wildman–Crippen MR) is 123 cm³/mol. The van der Waals surface area contributed by atoms with Crippen LogP contribution < -0.4 is 15.8 Å². The maximum atomic E-state index is 12.6. The molecule has 33 heavy (non-hydrogen) atoms. The molecular weight excluding hydrogens is 418 g/mol. The number of nitrogens with zero attached hydrogens (tertiary/aromatic N) is 2. The number of H-pyrrole nitrogens is 1. The fraction of sp³-hybridized carbons (Fsp3) is 0.120. The van der Waals surface area contributed by atoms with Crippen molar-refractivity contribution in [3.63, 3.8) is 0 Å². The fourth-order valence-electron chi connectivity index (χ4n) is 3.35. The van der Waals surface area contributed by atoms with Crippen molar-refractivity contribution in [3.05, 3.63) is 89.7 Å². The third-order valence-corrected chi connectivity index (χ3v) is 5.36. The molecule has 8 heteroatoms. The Bertz CT molecular complexity index is 1290. The van der Waals surface area contributed by atoms with Gasteiger partial charge in [-0.2, -0.15) is 5.10 Å². The van der Waals surface area contributed by atoms with Crippen molar-refractivity contribution in [1.29, 1.82) is 0 Å². The molecule has 0 spiro atoms. The van der Waals surface area contributed by atoms with E-state index in [9.17, 15) is 9.59 Å². The average molecular weight is 439 g/mol. The molecule has 164 valence electrons. The van der Waals surface area contributed by atoms with Crippen LogP contribution in [0.5, 0.6) is 11.5 Å². The van der Waals surface area contributed by atoms with Gasteiger partial charge in [-0.1, -0.05) is 0 Å². The SMILES string of the molecule is NC(=O)c1ccc(Oc2ccc(C(=O)Nc3ccc(-c4n[nH]c(C5CC5)n4)cc3)cc2)cc1. The molecule has 2 amide bonds. The zero-order valence-electron chi connectivity index (χ0n) is 17.6. The maximum absolute atomic E-state index is 12.6. The molecule has 1 heterocycles. The van der Waals surface area contributed by atoms with Gasteiger partial charge in [-0.05, 0) is 85.6 Å². The summed E-state index contributed by atoms with van der Waals surface area (Å²) in [5, 5.41) is 10.2. The second kappa shape index (κ2) is 8.58. The largest absolute Gasteiger partial charge is 0.457 e. The lowest BCUT2D eigenvalue weighted by molar-refractivity contribution is 0.0997. The predicted octanol–water partition coefficient (Wildman–Crippen LogP) is 4.49. The van der Waals surface area contributed by atoms with E-state index in [0.717, 1.165) is 24.2 Å². The van der Waals surface area contributed by atoms with Gasteiger partial charge in [0.05, 0.1) is 0 Å². The summed E-state index contributed by atoms with van der Waals surface area (Å²) >= 11 is 0. The van der Waals surface area contributed by atoms with Gasteiger partial charge in [0, 0.05) is 28.3 Å². The smallest absolute Gasteiger partial charge is 0.255 e. The van der Waals surface area contributed by atoms with Crippen molar-refractivity contribution < 1.29 is 14.3 Å². The van der Waals surface area contributed by atoms with E-state index in [2.05, 4.69) is 20.5 Å². The maximum Gasteiger partial charge on any atom is 0.255 e. The summed E-state index contributed by atoms with van der Waals surface area (Å²) in [5.41, 5.74) is 7.71. The molecule has 0 radical (unpaired) electrons. The monoisotopic (exact) mass is 439 g/mol. The number of nitrogens with two attached hydrogens (primary N) is 1. The number of primary amides is 1. The van der Waals surface area contributed by atoms with Crippen LogP contribution in [0.15, 0.2) is 72.8 Å². The molecule has 0 saturated heterocycles. The summed E-state index contributed by atoms with van der Waals surface area (Å²) in [6.45, 7) is 0. The Morgan fingerprint density at radius 1 is 0.879 bits per heavy atom. The number of nitrogens with one attached hydrogen (secondary N) is 2. The van der Waals surface area contributed by atoms with Gasteiger partial charge in [0.15, 0.2) is 5.82 Å². The van der Waals surface area contributed by atoms with Crippen LogP contribution in [0.1, 0.15) is 45.3 Å². The van der Waals surface area contributed by atoms with Gasteiger partial charge in [0.1, 0.15) is 17.3 Å². The molecule has 0 bridgehead atoms. The number of hydrogen-bond donors (Lipinski definition) is 3. The average Bonchev–Trinajstić information content (AvgIpc) is 3.57. The molecule has 1 aliphatic rings. The molecule has 4 N–H and O–H groups in total. The van der Waals surface area contributed by atoms with E-state index in [-0.39, 0.29) is 5.91 Å². The quantitative estimate of drug-likeness (QED) is 0.391. The van der Waals surface area contributed by atoms with E-state index in [1.807, 2.05) is 24.3 Å². The molecule has 4 aromatic rings. The summed E-state index contributed by atoms with van der Waals surface area (Å²) < 4.78 is 5.74. The minimum Gasteiger partial charge on any atom is -0.457 e. The Morgan fingerprint density at radius 3 is 2.06 bits per heavy atom. The number of carbonyl (C=O) groups is 2. The van der Waals surface area contributed by atoms with Crippen LogP contribution in [0.2, 0.25) is 0 Å². The van der Waals surface area contributed by atoms with Gasteiger partial charge < -0.3 is 15.8 Å². The molecule has 1 aromatic heterocycles. The fourth-order valence-corrected chi connectivity index (χ4v) is 3.35. The van der Waals surface area contributed by atoms with Crippen LogP contribution in [-0.2, 0) is 0 Å². The van der Waals surface area contributed by atoms with Gasteiger partial charge in [0.25, 0.3) is 5.91 Å². The molecule has 3 aromatic carbocycles. The Balaban J connectivity index is 1.20. The number of aromatic nitrogens is 3. The Morgan fingerprint density at radius 2 is 1.48 bits per heavy atom. The van der Waals surface area contributed by atoms with Crippen LogP contribution in [0, 0.1) is 0 Å².